The summed E-state index contributed by atoms with van der Waals surface area (Å²) in [4.78, 5) is 15.0. The maximum absolute atomic E-state index is 13.0. The average Bonchev–Trinajstić information content (AvgIpc) is 3.39. The topological polar surface area (TPSA) is 55.6 Å². The summed E-state index contributed by atoms with van der Waals surface area (Å²) in [6, 6.07) is 13.7. The third-order valence-electron chi connectivity index (χ3n) is 4.27. The van der Waals surface area contributed by atoms with Gasteiger partial charge < -0.3 is 15.4 Å². The molecule has 3 rings (SSSR count). The molecule has 4 nitrogen and oxygen atoms in total. The minimum absolute atomic E-state index is 0. The highest BCUT2D eigenvalue weighted by molar-refractivity contribution is 5.96. The first-order valence-corrected chi connectivity index (χ1v) is 7.89. The fourth-order valence-electron chi connectivity index (χ4n) is 2.79. The van der Waals surface area contributed by atoms with E-state index in [4.69, 9.17) is 10.5 Å². The molecule has 0 heterocycles. The number of carbonyl (C=O) groups excluding carboxylic acids is 1. The van der Waals surface area contributed by atoms with Gasteiger partial charge in [0, 0.05) is 29.4 Å². The van der Waals surface area contributed by atoms with Gasteiger partial charge in [0.05, 0.1) is 7.11 Å². The second kappa shape index (κ2) is 7.58. The number of nitrogens with two attached hydrogens (primary N) is 1. The molecule has 0 bridgehead atoms. The molecule has 2 N–H and O–H groups in total. The van der Waals surface area contributed by atoms with Gasteiger partial charge in [0.2, 0.25) is 0 Å². The Morgan fingerprint density at radius 3 is 2.62 bits per heavy atom. The first-order chi connectivity index (χ1) is 11.1. The van der Waals surface area contributed by atoms with Crippen LogP contribution in [0.15, 0.2) is 42.5 Å². The smallest absolute Gasteiger partial charge is 0.254 e. The number of hydrogen-bond acceptors (Lipinski definition) is 3. The van der Waals surface area contributed by atoms with Gasteiger partial charge in [0.15, 0.2) is 0 Å². The van der Waals surface area contributed by atoms with Gasteiger partial charge in [-0.25, -0.2) is 0 Å². The molecule has 0 saturated heterocycles. The van der Waals surface area contributed by atoms with Gasteiger partial charge in [-0.1, -0.05) is 24.3 Å². The summed E-state index contributed by atoms with van der Waals surface area (Å²) in [5, 5.41) is 0. The summed E-state index contributed by atoms with van der Waals surface area (Å²) in [7, 11) is 1.66. The minimum Gasteiger partial charge on any atom is -0.496 e. The molecule has 0 spiro atoms. The highest BCUT2D eigenvalue weighted by Crippen LogP contribution is 2.32. The molecule has 0 aromatic heterocycles. The largest absolute Gasteiger partial charge is 0.496 e. The Morgan fingerprint density at radius 1 is 1.25 bits per heavy atom. The molecule has 128 valence electrons. The minimum atomic E-state index is 0. The molecule has 0 radical (unpaired) electrons. The van der Waals surface area contributed by atoms with Crippen molar-refractivity contribution in [3.8, 4) is 5.75 Å². The van der Waals surface area contributed by atoms with E-state index in [2.05, 4.69) is 0 Å². The number of amides is 1. The quantitative estimate of drug-likeness (QED) is 0.837. The number of benzene rings is 2. The number of para-hydroxylation sites is 1. The Labute approximate surface area is 149 Å². The van der Waals surface area contributed by atoms with Crippen LogP contribution in [0.2, 0.25) is 0 Å². The van der Waals surface area contributed by atoms with Crippen LogP contribution in [0.25, 0.3) is 0 Å². The first kappa shape index (κ1) is 18.1. The molecule has 1 saturated carbocycles. The number of methoxy groups -OCH3 is 1. The molecule has 0 atom stereocenters. The van der Waals surface area contributed by atoms with Gasteiger partial charge in [-0.3, -0.25) is 4.79 Å². The number of hydrogen-bond donors (Lipinski definition) is 1. The number of ether oxygens (including phenoxy) is 1. The van der Waals surface area contributed by atoms with E-state index >= 15 is 0 Å². The summed E-state index contributed by atoms with van der Waals surface area (Å²) in [6.07, 6.45) is 2.12. The maximum atomic E-state index is 13.0. The van der Waals surface area contributed by atoms with E-state index in [-0.39, 0.29) is 18.3 Å². The summed E-state index contributed by atoms with van der Waals surface area (Å²) >= 11 is 0. The van der Waals surface area contributed by atoms with Crippen LogP contribution in [0.5, 0.6) is 5.75 Å². The number of aryl methyl sites for hydroxylation is 1. The molecular weight excluding hydrogens is 324 g/mol. The molecule has 1 fully saturated rings. The number of rotatable bonds is 5. The normalized spacial score (nSPS) is 13.1. The van der Waals surface area contributed by atoms with Crippen molar-refractivity contribution in [2.45, 2.75) is 32.4 Å². The lowest BCUT2D eigenvalue weighted by Crippen LogP contribution is -2.33. The van der Waals surface area contributed by atoms with Crippen molar-refractivity contribution >= 4 is 24.0 Å². The molecule has 1 aliphatic rings. The van der Waals surface area contributed by atoms with Crippen LogP contribution in [-0.4, -0.2) is 24.0 Å². The third-order valence-corrected chi connectivity index (χ3v) is 4.27. The van der Waals surface area contributed by atoms with E-state index in [0.717, 1.165) is 29.7 Å². The fraction of sp³-hybridized carbons (Fsp3) is 0.316. The van der Waals surface area contributed by atoms with Gasteiger partial charge >= 0.3 is 0 Å². The molecule has 2 aromatic rings. The highest BCUT2D eigenvalue weighted by Gasteiger charge is 2.34. The monoisotopic (exact) mass is 346 g/mol. The van der Waals surface area contributed by atoms with E-state index in [1.165, 1.54) is 0 Å². The maximum Gasteiger partial charge on any atom is 0.254 e. The van der Waals surface area contributed by atoms with Crippen LogP contribution in [0, 0.1) is 6.92 Å². The summed E-state index contributed by atoms with van der Waals surface area (Å²) < 4.78 is 5.42. The fourth-order valence-corrected chi connectivity index (χ4v) is 2.79. The van der Waals surface area contributed by atoms with E-state index in [1.54, 1.807) is 13.2 Å². The number of nitrogens with zero attached hydrogens (tertiary/aromatic N) is 1. The van der Waals surface area contributed by atoms with E-state index in [1.807, 2.05) is 48.2 Å². The second-order valence-electron chi connectivity index (χ2n) is 6.05. The Hall–Kier alpha value is -2.20. The van der Waals surface area contributed by atoms with E-state index in [9.17, 15) is 4.79 Å². The van der Waals surface area contributed by atoms with Crippen molar-refractivity contribution in [3.63, 3.8) is 0 Å². The van der Waals surface area contributed by atoms with Crippen molar-refractivity contribution in [2.75, 3.05) is 12.8 Å². The SMILES string of the molecule is COc1ccccc1CN(C(=O)c1cc(N)ccc1C)C1CC1.Cl. The Kier molecular flexibility index (Phi) is 5.73. The third kappa shape index (κ3) is 3.82. The summed E-state index contributed by atoms with van der Waals surface area (Å²) in [6.45, 7) is 2.50. The molecule has 1 amide bonds. The highest BCUT2D eigenvalue weighted by atomic mass is 35.5. The number of nitrogen functional groups attached to an aromatic ring is 1. The van der Waals surface area contributed by atoms with Crippen molar-refractivity contribution in [2.24, 2.45) is 0 Å². The van der Waals surface area contributed by atoms with Crippen LogP contribution < -0.4 is 10.5 Å². The lowest BCUT2D eigenvalue weighted by atomic mass is 10.1. The predicted octanol–water partition coefficient (Wildman–Crippen LogP) is 3.81. The van der Waals surface area contributed by atoms with Crippen molar-refractivity contribution < 1.29 is 9.53 Å². The van der Waals surface area contributed by atoms with Gasteiger partial charge in [0.1, 0.15) is 5.75 Å². The Morgan fingerprint density at radius 2 is 1.96 bits per heavy atom. The lowest BCUT2D eigenvalue weighted by molar-refractivity contribution is 0.0728. The molecular formula is C19H23ClN2O2. The van der Waals surface area contributed by atoms with E-state index < -0.39 is 0 Å². The first-order valence-electron chi connectivity index (χ1n) is 7.89. The summed E-state index contributed by atoms with van der Waals surface area (Å²) in [5.41, 5.74) is 9.15. The number of anilines is 1. The molecule has 0 aliphatic heterocycles. The number of carbonyl (C=O) groups is 1. The second-order valence-corrected chi connectivity index (χ2v) is 6.05. The van der Waals surface area contributed by atoms with Crippen LogP contribution in [0.1, 0.15) is 34.3 Å². The van der Waals surface area contributed by atoms with Gasteiger partial charge in [-0.2, -0.15) is 0 Å². The molecule has 0 unspecified atom stereocenters. The Bertz CT molecular complexity index is 729. The van der Waals surface area contributed by atoms with Gasteiger partial charge in [-0.05, 0) is 43.5 Å². The van der Waals surface area contributed by atoms with Gasteiger partial charge in [0.25, 0.3) is 5.91 Å². The van der Waals surface area contributed by atoms with Crippen molar-refractivity contribution in [1.29, 1.82) is 0 Å². The van der Waals surface area contributed by atoms with Crippen molar-refractivity contribution in [3.05, 3.63) is 59.2 Å². The molecule has 24 heavy (non-hydrogen) atoms. The standard InChI is InChI=1S/C19H22N2O2.ClH/c1-13-7-8-15(20)11-17(13)19(22)21(16-9-10-16)12-14-5-3-4-6-18(14)23-2;/h3-8,11,16H,9-10,12,20H2,1-2H3;1H. The van der Waals surface area contributed by atoms with Crippen LogP contribution >= 0.6 is 12.4 Å². The predicted molar refractivity (Wildman–Crippen MR) is 98.7 cm³/mol. The lowest BCUT2D eigenvalue weighted by Gasteiger charge is -2.24. The molecule has 1 aliphatic carbocycles. The zero-order valence-electron chi connectivity index (χ0n) is 14.0. The van der Waals surface area contributed by atoms with Crippen molar-refractivity contribution in [1.82, 2.24) is 4.90 Å². The molecule has 2 aromatic carbocycles. The van der Waals surface area contributed by atoms with E-state index in [0.29, 0.717) is 23.8 Å². The zero-order chi connectivity index (χ0) is 16.4. The zero-order valence-corrected chi connectivity index (χ0v) is 14.8. The van der Waals surface area contributed by atoms with Crippen LogP contribution in [0.3, 0.4) is 0 Å². The van der Waals surface area contributed by atoms with Crippen LogP contribution in [0.4, 0.5) is 5.69 Å². The Balaban J connectivity index is 0.00000208. The summed E-state index contributed by atoms with van der Waals surface area (Å²) in [5.74, 6) is 0.860. The average molecular weight is 347 g/mol. The van der Waals surface area contributed by atoms with Gasteiger partial charge in [-0.15, -0.1) is 12.4 Å². The van der Waals surface area contributed by atoms with Crippen LogP contribution in [-0.2, 0) is 6.54 Å². The number of halogens is 1. The molecule has 5 heteroatoms.